The number of ether oxygens (including phenoxy) is 2. The van der Waals surface area contributed by atoms with Crippen molar-refractivity contribution in [2.24, 2.45) is 0 Å². The summed E-state index contributed by atoms with van der Waals surface area (Å²) in [6.45, 7) is 0.362. The number of rotatable bonds is 6. The average molecular weight is 397 g/mol. The van der Waals surface area contributed by atoms with E-state index in [9.17, 15) is 13.2 Å². The number of benzene rings is 1. The molecular formula is C18H27N3O5S. The molecule has 27 heavy (non-hydrogen) atoms. The van der Waals surface area contributed by atoms with E-state index in [0.717, 1.165) is 18.4 Å². The number of amides is 2. The van der Waals surface area contributed by atoms with Crippen molar-refractivity contribution in [3.63, 3.8) is 0 Å². The van der Waals surface area contributed by atoms with Gasteiger partial charge >= 0.3 is 6.03 Å². The number of carbonyl (C=O) groups excluding carboxylic acids is 1. The summed E-state index contributed by atoms with van der Waals surface area (Å²) in [5, 5.41) is 5.83. The molecule has 2 aliphatic heterocycles. The Morgan fingerprint density at radius 2 is 1.78 bits per heavy atom. The summed E-state index contributed by atoms with van der Waals surface area (Å²) in [5.41, 5.74) is 0.898. The normalized spacial score (nSPS) is 25.1. The molecule has 2 N–H and O–H groups in total. The number of fused-ring (bicyclic) bond motifs is 2. The third-order valence-corrected chi connectivity index (χ3v) is 6.65. The standard InChI is InChI=1S/C18H27N3O5S/c1-25-16-7-4-12(8-17(16)26-2)11-19-18(22)20-13-9-14-5-6-15(10-13)21(14)27(3,23)24/h4,7-8,13-15H,5-6,9-11H2,1-3H3,(H2,19,20,22). The van der Waals surface area contributed by atoms with Gasteiger partial charge in [0, 0.05) is 24.7 Å². The van der Waals surface area contributed by atoms with Crippen molar-refractivity contribution in [3.8, 4) is 11.5 Å². The molecule has 150 valence electrons. The van der Waals surface area contributed by atoms with Gasteiger partial charge in [0.1, 0.15) is 0 Å². The van der Waals surface area contributed by atoms with E-state index >= 15 is 0 Å². The number of hydrogen-bond donors (Lipinski definition) is 2. The Bertz CT molecular complexity index is 784. The van der Waals surface area contributed by atoms with E-state index < -0.39 is 10.0 Å². The quantitative estimate of drug-likeness (QED) is 0.757. The van der Waals surface area contributed by atoms with E-state index in [1.54, 1.807) is 24.6 Å². The molecule has 2 heterocycles. The van der Waals surface area contributed by atoms with Crippen molar-refractivity contribution < 1.29 is 22.7 Å². The maximum absolute atomic E-state index is 12.3. The monoisotopic (exact) mass is 397 g/mol. The van der Waals surface area contributed by atoms with Crippen LogP contribution in [-0.4, -0.2) is 57.4 Å². The number of sulfonamides is 1. The van der Waals surface area contributed by atoms with E-state index in [1.165, 1.54) is 6.26 Å². The van der Waals surface area contributed by atoms with Gasteiger partial charge in [-0.15, -0.1) is 0 Å². The smallest absolute Gasteiger partial charge is 0.315 e. The number of methoxy groups -OCH3 is 2. The van der Waals surface area contributed by atoms with Crippen LogP contribution in [0.3, 0.4) is 0 Å². The number of nitrogens with one attached hydrogen (secondary N) is 2. The fourth-order valence-corrected chi connectivity index (χ4v) is 5.67. The summed E-state index contributed by atoms with van der Waals surface area (Å²) in [6, 6.07) is 5.22. The van der Waals surface area contributed by atoms with E-state index in [1.807, 2.05) is 12.1 Å². The highest BCUT2D eigenvalue weighted by Gasteiger charge is 2.45. The molecule has 1 aromatic carbocycles. The van der Waals surface area contributed by atoms with Crippen LogP contribution in [0.4, 0.5) is 4.79 Å². The minimum absolute atomic E-state index is 0.00472. The molecule has 0 saturated carbocycles. The molecule has 2 atom stereocenters. The number of hydrogen-bond acceptors (Lipinski definition) is 5. The van der Waals surface area contributed by atoms with Crippen molar-refractivity contribution in [3.05, 3.63) is 23.8 Å². The second-order valence-electron chi connectivity index (χ2n) is 7.16. The lowest BCUT2D eigenvalue weighted by Crippen LogP contribution is -2.53. The molecule has 2 amide bonds. The molecule has 2 fully saturated rings. The minimum Gasteiger partial charge on any atom is -0.493 e. The topological polar surface area (TPSA) is 97.0 Å². The molecule has 8 nitrogen and oxygen atoms in total. The van der Waals surface area contributed by atoms with Gasteiger partial charge in [-0.1, -0.05) is 6.07 Å². The number of carbonyl (C=O) groups is 1. The first-order chi connectivity index (χ1) is 12.8. The predicted octanol–water partition coefficient (Wildman–Crippen LogP) is 1.46. The Balaban J connectivity index is 1.52. The Morgan fingerprint density at radius 3 is 2.33 bits per heavy atom. The Labute approximate surface area is 160 Å². The lowest BCUT2D eigenvalue weighted by atomic mass is 10.00. The average Bonchev–Trinajstić information content (AvgIpc) is 2.92. The fourth-order valence-electron chi connectivity index (χ4n) is 4.20. The number of piperidine rings is 1. The first-order valence-corrected chi connectivity index (χ1v) is 10.9. The fraction of sp³-hybridized carbons (Fsp3) is 0.611. The SMILES string of the molecule is COc1ccc(CNC(=O)NC2CC3CCC(C2)N3S(C)(=O)=O)cc1OC. The van der Waals surface area contributed by atoms with Crippen LogP contribution in [0.15, 0.2) is 18.2 Å². The first-order valence-electron chi connectivity index (χ1n) is 9.05. The van der Waals surface area contributed by atoms with Gasteiger partial charge in [0.2, 0.25) is 10.0 Å². The summed E-state index contributed by atoms with van der Waals surface area (Å²) in [5.74, 6) is 1.25. The number of nitrogens with zero attached hydrogens (tertiary/aromatic N) is 1. The molecule has 0 spiro atoms. The van der Waals surface area contributed by atoms with Crippen molar-refractivity contribution in [1.29, 1.82) is 0 Å². The van der Waals surface area contributed by atoms with Crippen LogP contribution in [0.25, 0.3) is 0 Å². The predicted molar refractivity (Wildman–Crippen MR) is 101 cm³/mol. The van der Waals surface area contributed by atoms with Gasteiger partial charge < -0.3 is 20.1 Å². The molecule has 2 bridgehead atoms. The molecule has 9 heteroatoms. The summed E-state index contributed by atoms with van der Waals surface area (Å²) in [6.07, 6.45) is 4.31. The van der Waals surface area contributed by atoms with E-state index in [0.29, 0.717) is 30.9 Å². The summed E-state index contributed by atoms with van der Waals surface area (Å²) in [7, 11) is -0.0462. The largest absolute Gasteiger partial charge is 0.493 e. The van der Waals surface area contributed by atoms with Gasteiger partial charge in [-0.2, -0.15) is 4.31 Å². The van der Waals surface area contributed by atoms with Crippen LogP contribution >= 0.6 is 0 Å². The Morgan fingerprint density at radius 1 is 1.15 bits per heavy atom. The van der Waals surface area contributed by atoms with Gasteiger partial charge in [-0.3, -0.25) is 0 Å². The van der Waals surface area contributed by atoms with Gasteiger partial charge in [0.15, 0.2) is 11.5 Å². The molecule has 0 aliphatic carbocycles. The van der Waals surface area contributed by atoms with E-state index in [4.69, 9.17) is 9.47 Å². The second kappa shape index (κ2) is 7.93. The number of urea groups is 1. The van der Waals surface area contributed by atoms with Crippen LogP contribution in [0.2, 0.25) is 0 Å². The third-order valence-electron chi connectivity index (χ3n) is 5.29. The van der Waals surface area contributed by atoms with Crippen molar-refractivity contribution >= 4 is 16.1 Å². The van der Waals surface area contributed by atoms with Crippen LogP contribution in [0.5, 0.6) is 11.5 Å². The van der Waals surface area contributed by atoms with E-state index in [-0.39, 0.29) is 24.2 Å². The minimum atomic E-state index is -3.19. The van der Waals surface area contributed by atoms with Crippen LogP contribution in [-0.2, 0) is 16.6 Å². The maximum atomic E-state index is 12.3. The van der Waals surface area contributed by atoms with Crippen LogP contribution < -0.4 is 20.1 Å². The third kappa shape index (κ3) is 4.47. The molecule has 0 aromatic heterocycles. The zero-order valence-electron chi connectivity index (χ0n) is 15.9. The molecule has 0 radical (unpaired) electrons. The van der Waals surface area contributed by atoms with Crippen LogP contribution in [0, 0.1) is 0 Å². The molecule has 2 aliphatic rings. The Hall–Kier alpha value is -2.00. The molecule has 2 unspecified atom stereocenters. The molecule has 3 rings (SSSR count). The van der Waals surface area contributed by atoms with E-state index in [2.05, 4.69) is 10.6 Å². The maximum Gasteiger partial charge on any atom is 0.315 e. The highest BCUT2D eigenvalue weighted by Crippen LogP contribution is 2.37. The second-order valence-corrected chi connectivity index (χ2v) is 9.05. The van der Waals surface area contributed by atoms with Crippen LogP contribution in [0.1, 0.15) is 31.2 Å². The Kier molecular flexibility index (Phi) is 5.81. The van der Waals surface area contributed by atoms with Gasteiger partial charge in [-0.05, 0) is 43.4 Å². The molecule has 1 aromatic rings. The molecule has 2 saturated heterocycles. The lowest BCUT2D eigenvalue weighted by Gasteiger charge is -2.37. The highest BCUT2D eigenvalue weighted by atomic mass is 32.2. The van der Waals surface area contributed by atoms with Gasteiger partial charge in [0.05, 0.1) is 20.5 Å². The summed E-state index contributed by atoms with van der Waals surface area (Å²) in [4.78, 5) is 12.3. The van der Waals surface area contributed by atoms with Crippen molar-refractivity contribution in [2.45, 2.75) is 50.4 Å². The van der Waals surface area contributed by atoms with Crippen molar-refractivity contribution in [1.82, 2.24) is 14.9 Å². The van der Waals surface area contributed by atoms with Crippen molar-refractivity contribution in [2.75, 3.05) is 20.5 Å². The first kappa shape index (κ1) is 19.8. The highest BCUT2D eigenvalue weighted by molar-refractivity contribution is 7.88. The molecular weight excluding hydrogens is 370 g/mol. The lowest BCUT2D eigenvalue weighted by molar-refractivity contribution is 0.199. The zero-order valence-corrected chi connectivity index (χ0v) is 16.7. The zero-order chi connectivity index (χ0) is 19.6. The summed E-state index contributed by atoms with van der Waals surface area (Å²) < 4.78 is 36.0. The van der Waals surface area contributed by atoms with Gasteiger partial charge in [0.25, 0.3) is 0 Å². The van der Waals surface area contributed by atoms with Gasteiger partial charge in [-0.25, -0.2) is 13.2 Å². The summed E-state index contributed by atoms with van der Waals surface area (Å²) >= 11 is 0.